The minimum absolute atomic E-state index is 0.221. The molecular formula is C14H14BrFN2. The maximum absolute atomic E-state index is 13.3. The third-order valence-electron chi connectivity index (χ3n) is 2.66. The Kier molecular flexibility index (Phi) is 4.84. The van der Waals surface area contributed by atoms with E-state index in [2.05, 4.69) is 26.2 Å². The topological polar surface area (TPSA) is 24.9 Å². The first-order chi connectivity index (χ1) is 8.77. The summed E-state index contributed by atoms with van der Waals surface area (Å²) in [7, 11) is 0. The van der Waals surface area contributed by atoms with Crippen LogP contribution in [0.1, 0.15) is 11.1 Å². The second-order valence-electron chi connectivity index (χ2n) is 4.00. The van der Waals surface area contributed by atoms with Crippen LogP contribution in [0, 0.1) is 5.82 Å². The Balaban J connectivity index is 1.81. The van der Waals surface area contributed by atoms with Crippen molar-refractivity contribution in [2.24, 2.45) is 0 Å². The van der Waals surface area contributed by atoms with Crippen LogP contribution in [0.3, 0.4) is 0 Å². The molecule has 0 aliphatic heterocycles. The van der Waals surface area contributed by atoms with Crippen LogP contribution in [0.5, 0.6) is 0 Å². The number of halogens is 2. The number of benzene rings is 1. The number of hydrogen-bond donors (Lipinski definition) is 1. The highest BCUT2D eigenvalue weighted by molar-refractivity contribution is 9.10. The molecule has 1 N–H and O–H groups in total. The summed E-state index contributed by atoms with van der Waals surface area (Å²) in [4.78, 5) is 4.06. The molecule has 2 rings (SSSR count). The Hall–Kier alpha value is -1.26. The molecule has 0 aliphatic carbocycles. The molecule has 1 aromatic carbocycles. The molecule has 1 heterocycles. The predicted octanol–water partition coefficient (Wildman–Crippen LogP) is 3.32. The molecule has 2 aromatic rings. The van der Waals surface area contributed by atoms with E-state index in [0.29, 0.717) is 11.0 Å². The lowest BCUT2D eigenvalue weighted by molar-refractivity contribution is 0.612. The number of rotatable bonds is 5. The molecule has 94 valence electrons. The SMILES string of the molecule is Fc1cccc(CNCCc2cccnc2)c1Br. The predicted molar refractivity (Wildman–Crippen MR) is 73.7 cm³/mol. The standard InChI is InChI=1S/C14H14BrFN2/c15-14-12(4-1-5-13(14)16)10-18-8-6-11-3-2-7-17-9-11/h1-5,7,9,18H,6,8,10H2. The van der Waals surface area contributed by atoms with Gasteiger partial charge >= 0.3 is 0 Å². The third-order valence-corrected chi connectivity index (χ3v) is 3.55. The molecule has 0 aliphatic rings. The normalized spacial score (nSPS) is 10.6. The molecule has 0 fully saturated rings. The van der Waals surface area contributed by atoms with E-state index < -0.39 is 0 Å². The van der Waals surface area contributed by atoms with Crippen molar-refractivity contribution in [3.8, 4) is 0 Å². The summed E-state index contributed by atoms with van der Waals surface area (Å²) in [6.45, 7) is 1.49. The van der Waals surface area contributed by atoms with Gasteiger partial charge in [0.2, 0.25) is 0 Å². The van der Waals surface area contributed by atoms with Crippen molar-refractivity contribution in [1.82, 2.24) is 10.3 Å². The van der Waals surface area contributed by atoms with Crippen molar-refractivity contribution < 1.29 is 4.39 Å². The van der Waals surface area contributed by atoms with Gasteiger partial charge in [-0.05, 0) is 52.2 Å². The number of hydrogen-bond acceptors (Lipinski definition) is 2. The van der Waals surface area contributed by atoms with Crippen LogP contribution in [-0.4, -0.2) is 11.5 Å². The highest BCUT2D eigenvalue weighted by atomic mass is 79.9. The molecule has 18 heavy (non-hydrogen) atoms. The van der Waals surface area contributed by atoms with Crippen LogP contribution in [0.15, 0.2) is 47.2 Å². The van der Waals surface area contributed by atoms with Gasteiger partial charge in [0.05, 0.1) is 4.47 Å². The first-order valence-corrected chi connectivity index (χ1v) is 6.59. The lowest BCUT2D eigenvalue weighted by atomic mass is 10.2. The van der Waals surface area contributed by atoms with E-state index in [9.17, 15) is 4.39 Å². The van der Waals surface area contributed by atoms with Crippen molar-refractivity contribution in [3.05, 3.63) is 64.1 Å². The Labute approximate surface area is 114 Å². The van der Waals surface area contributed by atoms with Crippen molar-refractivity contribution in [3.63, 3.8) is 0 Å². The van der Waals surface area contributed by atoms with Gasteiger partial charge in [-0.15, -0.1) is 0 Å². The summed E-state index contributed by atoms with van der Waals surface area (Å²) < 4.78 is 13.8. The first-order valence-electron chi connectivity index (χ1n) is 5.80. The van der Waals surface area contributed by atoms with Crippen LogP contribution in [-0.2, 0) is 13.0 Å². The summed E-state index contributed by atoms with van der Waals surface area (Å²) in [6, 6.07) is 9.05. The highest BCUT2D eigenvalue weighted by Crippen LogP contribution is 2.19. The second kappa shape index (κ2) is 6.61. The summed E-state index contributed by atoms with van der Waals surface area (Å²) in [6.07, 6.45) is 4.54. The van der Waals surface area contributed by atoms with Gasteiger partial charge in [-0.1, -0.05) is 18.2 Å². The van der Waals surface area contributed by atoms with E-state index in [1.54, 1.807) is 12.3 Å². The zero-order valence-electron chi connectivity index (χ0n) is 9.87. The summed E-state index contributed by atoms with van der Waals surface area (Å²) in [5.74, 6) is -0.221. The van der Waals surface area contributed by atoms with Crippen LogP contribution in [0.2, 0.25) is 0 Å². The lowest BCUT2D eigenvalue weighted by Gasteiger charge is -2.07. The summed E-state index contributed by atoms with van der Waals surface area (Å²) in [5.41, 5.74) is 2.13. The average molecular weight is 309 g/mol. The van der Waals surface area contributed by atoms with Gasteiger partial charge in [0.1, 0.15) is 5.82 Å². The Morgan fingerprint density at radius 2 is 2.11 bits per heavy atom. The fourth-order valence-corrected chi connectivity index (χ4v) is 2.09. The molecule has 2 nitrogen and oxygen atoms in total. The molecule has 0 atom stereocenters. The van der Waals surface area contributed by atoms with E-state index in [-0.39, 0.29) is 5.82 Å². The molecule has 4 heteroatoms. The molecule has 0 saturated heterocycles. The van der Waals surface area contributed by atoms with E-state index in [1.165, 1.54) is 11.6 Å². The minimum Gasteiger partial charge on any atom is -0.312 e. The van der Waals surface area contributed by atoms with E-state index in [1.807, 2.05) is 24.4 Å². The number of nitrogens with zero attached hydrogens (tertiary/aromatic N) is 1. The van der Waals surface area contributed by atoms with Crippen molar-refractivity contribution in [2.75, 3.05) is 6.54 Å². The molecule has 0 unspecified atom stereocenters. The van der Waals surface area contributed by atoms with Crippen molar-refractivity contribution >= 4 is 15.9 Å². The number of aromatic nitrogens is 1. The van der Waals surface area contributed by atoms with Gasteiger partial charge < -0.3 is 5.32 Å². The van der Waals surface area contributed by atoms with E-state index in [4.69, 9.17) is 0 Å². The van der Waals surface area contributed by atoms with Crippen molar-refractivity contribution in [2.45, 2.75) is 13.0 Å². The Morgan fingerprint density at radius 3 is 2.89 bits per heavy atom. The van der Waals surface area contributed by atoms with Gasteiger partial charge in [0.25, 0.3) is 0 Å². The van der Waals surface area contributed by atoms with Crippen LogP contribution in [0.25, 0.3) is 0 Å². The maximum Gasteiger partial charge on any atom is 0.137 e. The van der Waals surface area contributed by atoms with Crippen LogP contribution >= 0.6 is 15.9 Å². The third kappa shape index (κ3) is 3.62. The van der Waals surface area contributed by atoms with Gasteiger partial charge in [0, 0.05) is 18.9 Å². The van der Waals surface area contributed by atoms with E-state index in [0.717, 1.165) is 18.5 Å². The minimum atomic E-state index is -0.221. The lowest BCUT2D eigenvalue weighted by Crippen LogP contribution is -2.17. The highest BCUT2D eigenvalue weighted by Gasteiger charge is 2.04. The molecule has 0 bridgehead atoms. The van der Waals surface area contributed by atoms with Gasteiger partial charge in [-0.25, -0.2) is 4.39 Å². The Bertz CT molecular complexity index is 502. The molecule has 0 amide bonds. The molecule has 0 radical (unpaired) electrons. The van der Waals surface area contributed by atoms with Crippen LogP contribution < -0.4 is 5.32 Å². The molecule has 0 saturated carbocycles. The number of nitrogens with one attached hydrogen (secondary N) is 1. The molecule has 0 spiro atoms. The molecule has 1 aromatic heterocycles. The van der Waals surface area contributed by atoms with Gasteiger partial charge in [-0.3, -0.25) is 4.98 Å². The smallest absolute Gasteiger partial charge is 0.137 e. The number of pyridine rings is 1. The fraction of sp³-hybridized carbons (Fsp3) is 0.214. The summed E-state index contributed by atoms with van der Waals surface area (Å²) in [5, 5.41) is 3.29. The zero-order chi connectivity index (χ0) is 12.8. The molecular weight excluding hydrogens is 295 g/mol. The second-order valence-corrected chi connectivity index (χ2v) is 4.79. The monoisotopic (exact) mass is 308 g/mol. The van der Waals surface area contributed by atoms with Gasteiger partial charge in [-0.2, -0.15) is 0 Å². The van der Waals surface area contributed by atoms with Gasteiger partial charge in [0.15, 0.2) is 0 Å². The van der Waals surface area contributed by atoms with Crippen LogP contribution in [0.4, 0.5) is 4.39 Å². The maximum atomic E-state index is 13.3. The summed E-state index contributed by atoms with van der Waals surface area (Å²) >= 11 is 3.25. The Morgan fingerprint density at radius 1 is 1.22 bits per heavy atom. The average Bonchev–Trinajstić information content (AvgIpc) is 2.40. The quantitative estimate of drug-likeness (QED) is 0.857. The first kappa shape index (κ1) is 13.2. The fourth-order valence-electron chi connectivity index (χ4n) is 1.69. The zero-order valence-corrected chi connectivity index (χ0v) is 11.5. The van der Waals surface area contributed by atoms with Crippen molar-refractivity contribution in [1.29, 1.82) is 0 Å². The van der Waals surface area contributed by atoms with E-state index >= 15 is 0 Å². The largest absolute Gasteiger partial charge is 0.312 e.